The molecule has 0 N–H and O–H groups in total. The van der Waals surface area contributed by atoms with Crippen molar-refractivity contribution < 1.29 is 23.9 Å². The van der Waals surface area contributed by atoms with Gasteiger partial charge in [0.25, 0.3) is 5.91 Å². The van der Waals surface area contributed by atoms with E-state index in [1.165, 1.54) is 6.92 Å². The first-order valence-electron chi connectivity index (χ1n) is 12.2. The van der Waals surface area contributed by atoms with Crippen LogP contribution < -0.4 is 9.80 Å². The molecule has 2 aromatic carbocycles. The SMILES string of the molecule is CC(=O)N1c2ccc(-c3ccc(C(=O)N4CCN(C=O)CC4)cc3)cc2N(C(=O)OC(C)C)C[C@@H]1C. The fraction of sp³-hybridized carbons (Fsp3) is 0.407. The second kappa shape index (κ2) is 10.4. The molecule has 4 rings (SSSR count). The maximum Gasteiger partial charge on any atom is 0.414 e. The number of hydrogen-bond donors (Lipinski definition) is 0. The lowest BCUT2D eigenvalue weighted by Gasteiger charge is -2.40. The molecular weight excluding hydrogens is 460 g/mol. The zero-order chi connectivity index (χ0) is 26.0. The van der Waals surface area contributed by atoms with Crippen LogP contribution in [-0.4, -0.2) is 79.0 Å². The number of hydrogen-bond acceptors (Lipinski definition) is 5. The number of anilines is 2. The highest BCUT2D eigenvalue weighted by molar-refractivity contribution is 6.03. The van der Waals surface area contributed by atoms with Gasteiger partial charge in [0.1, 0.15) is 0 Å². The maximum atomic E-state index is 12.9. The standard InChI is InChI=1S/C27H32N4O5/c1-18(2)36-27(35)30-16-19(3)31(20(4)33)24-10-9-23(15-25(24)30)21-5-7-22(8-6-21)26(34)29-13-11-28(17-32)12-14-29/h5-10,15,17-19H,11-14,16H2,1-4H3/t19-/m0/s1. The van der Waals surface area contributed by atoms with Crippen molar-refractivity contribution in [3.8, 4) is 11.1 Å². The molecule has 9 nitrogen and oxygen atoms in total. The monoisotopic (exact) mass is 492 g/mol. The van der Waals surface area contributed by atoms with Gasteiger partial charge in [0.2, 0.25) is 12.3 Å². The van der Waals surface area contributed by atoms with E-state index in [1.54, 1.807) is 45.6 Å². The van der Waals surface area contributed by atoms with Crippen LogP contribution in [0.5, 0.6) is 0 Å². The molecule has 0 saturated carbocycles. The molecule has 0 aromatic heterocycles. The summed E-state index contributed by atoms with van der Waals surface area (Å²) in [7, 11) is 0. The Morgan fingerprint density at radius 2 is 1.58 bits per heavy atom. The van der Waals surface area contributed by atoms with Crippen LogP contribution in [0.1, 0.15) is 38.1 Å². The molecule has 0 unspecified atom stereocenters. The third-order valence-electron chi connectivity index (χ3n) is 6.53. The molecular formula is C27H32N4O5. The van der Waals surface area contributed by atoms with E-state index in [2.05, 4.69) is 0 Å². The Morgan fingerprint density at radius 1 is 0.944 bits per heavy atom. The fourth-order valence-corrected chi connectivity index (χ4v) is 4.74. The minimum atomic E-state index is -0.450. The second-order valence-corrected chi connectivity index (χ2v) is 9.50. The van der Waals surface area contributed by atoms with Crippen LogP contribution in [0.4, 0.5) is 16.2 Å². The number of rotatable bonds is 4. The summed E-state index contributed by atoms with van der Waals surface area (Å²) in [5, 5.41) is 0. The van der Waals surface area contributed by atoms with E-state index < -0.39 is 6.09 Å². The Hall–Kier alpha value is -3.88. The number of piperazine rings is 1. The highest BCUT2D eigenvalue weighted by Gasteiger charge is 2.35. The van der Waals surface area contributed by atoms with Crippen LogP contribution in [0, 0.1) is 0 Å². The Morgan fingerprint density at radius 3 is 2.17 bits per heavy atom. The Labute approximate surface area is 211 Å². The van der Waals surface area contributed by atoms with E-state index in [0.717, 1.165) is 17.5 Å². The summed E-state index contributed by atoms with van der Waals surface area (Å²) in [5.74, 6) is -0.156. The normalized spacial score (nSPS) is 17.6. The lowest BCUT2D eigenvalue weighted by molar-refractivity contribution is -0.119. The molecule has 2 aliphatic rings. The van der Waals surface area contributed by atoms with E-state index in [-0.39, 0.29) is 24.0 Å². The summed E-state index contributed by atoms with van der Waals surface area (Å²) in [6.45, 7) is 9.45. The van der Waals surface area contributed by atoms with Crippen molar-refractivity contribution in [2.45, 2.75) is 39.8 Å². The first-order valence-corrected chi connectivity index (χ1v) is 12.2. The van der Waals surface area contributed by atoms with Crippen LogP contribution in [0.3, 0.4) is 0 Å². The number of nitrogens with zero attached hydrogens (tertiary/aromatic N) is 4. The summed E-state index contributed by atoms with van der Waals surface area (Å²) in [6, 6.07) is 12.8. The largest absolute Gasteiger partial charge is 0.446 e. The molecule has 4 amide bonds. The van der Waals surface area contributed by atoms with E-state index in [4.69, 9.17) is 4.74 Å². The molecule has 9 heteroatoms. The van der Waals surface area contributed by atoms with Gasteiger partial charge in [-0.1, -0.05) is 18.2 Å². The van der Waals surface area contributed by atoms with Gasteiger partial charge < -0.3 is 19.4 Å². The Bertz CT molecular complexity index is 1160. The summed E-state index contributed by atoms with van der Waals surface area (Å²) in [4.78, 5) is 55.8. The lowest BCUT2D eigenvalue weighted by atomic mass is 9.99. The first-order chi connectivity index (χ1) is 17.2. The van der Waals surface area contributed by atoms with Crippen molar-refractivity contribution in [1.82, 2.24) is 9.80 Å². The van der Waals surface area contributed by atoms with Crippen LogP contribution in [0.25, 0.3) is 11.1 Å². The molecule has 2 aliphatic heterocycles. The molecule has 0 radical (unpaired) electrons. The van der Waals surface area contributed by atoms with E-state index in [9.17, 15) is 19.2 Å². The Balaban J connectivity index is 1.61. The van der Waals surface area contributed by atoms with Gasteiger partial charge in [0.15, 0.2) is 0 Å². The van der Waals surface area contributed by atoms with Crippen molar-refractivity contribution in [3.63, 3.8) is 0 Å². The van der Waals surface area contributed by atoms with Crippen molar-refractivity contribution >= 4 is 35.7 Å². The third kappa shape index (κ3) is 5.05. The summed E-state index contributed by atoms with van der Waals surface area (Å²) >= 11 is 0. The van der Waals surface area contributed by atoms with Gasteiger partial charge in [0, 0.05) is 45.2 Å². The van der Waals surface area contributed by atoms with Crippen molar-refractivity contribution in [2.24, 2.45) is 0 Å². The number of carbonyl (C=O) groups is 4. The fourth-order valence-electron chi connectivity index (χ4n) is 4.74. The summed E-state index contributed by atoms with van der Waals surface area (Å²) < 4.78 is 5.47. The summed E-state index contributed by atoms with van der Waals surface area (Å²) in [6.07, 6.45) is 0.0978. The van der Waals surface area contributed by atoms with E-state index in [0.29, 0.717) is 49.7 Å². The Kier molecular flexibility index (Phi) is 7.28. The molecule has 2 aromatic rings. The molecule has 0 aliphatic carbocycles. The highest BCUT2D eigenvalue weighted by Crippen LogP contribution is 2.39. The number of fused-ring (bicyclic) bond motifs is 1. The molecule has 1 fully saturated rings. The molecule has 190 valence electrons. The van der Waals surface area contributed by atoms with Gasteiger partial charge in [0.05, 0.1) is 23.5 Å². The van der Waals surface area contributed by atoms with Gasteiger partial charge in [-0.15, -0.1) is 0 Å². The van der Waals surface area contributed by atoms with Crippen LogP contribution in [0.2, 0.25) is 0 Å². The number of ether oxygens (including phenoxy) is 1. The smallest absolute Gasteiger partial charge is 0.414 e. The minimum Gasteiger partial charge on any atom is -0.446 e. The van der Waals surface area contributed by atoms with Gasteiger partial charge in [-0.3, -0.25) is 19.3 Å². The topological polar surface area (TPSA) is 90.5 Å². The predicted molar refractivity (Wildman–Crippen MR) is 137 cm³/mol. The van der Waals surface area contributed by atoms with E-state index >= 15 is 0 Å². The van der Waals surface area contributed by atoms with Crippen molar-refractivity contribution in [1.29, 1.82) is 0 Å². The molecule has 2 heterocycles. The zero-order valence-corrected chi connectivity index (χ0v) is 21.1. The lowest BCUT2D eigenvalue weighted by Crippen LogP contribution is -2.51. The summed E-state index contributed by atoms with van der Waals surface area (Å²) in [5.41, 5.74) is 3.58. The maximum absolute atomic E-state index is 12.9. The van der Waals surface area contributed by atoms with Gasteiger partial charge in [-0.2, -0.15) is 0 Å². The third-order valence-corrected chi connectivity index (χ3v) is 6.53. The number of amides is 4. The van der Waals surface area contributed by atoms with Crippen LogP contribution in [0.15, 0.2) is 42.5 Å². The predicted octanol–water partition coefficient (Wildman–Crippen LogP) is 3.37. The first kappa shape index (κ1) is 25.2. The highest BCUT2D eigenvalue weighted by atomic mass is 16.6. The minimum absolute atomic E-state index is 0.0637. The molecule has 1 saturated heterocycles. The molecule has 1 atom stereocenters. The van der Waals surface area contributed by atoms with Gasteiger partial charge >= 0.3 is 6.09 Å². The molecule has 0 spiro atoms. The molecule has 0 bridgehead atoms. The van der Waals surface area contributed by atoms with Crippen LogP contribution in [-0.2, 0) is 14.3 Å². The van der Waals surface area contributed by atoms with E-state index in [1.807, 2.05) is 37.3 Å². The quantitative estimate of drug-likeness (QED) is 0.611. The number of carbonyl (C=O) groups excluding carboxylic acids is 4. The second-order valence-electron chi connectivity index (χ2n) is 9.50. The van der Waals surface area contributed by atoms with Gasteiger partial charge in [-0.25, -0.2) is 4.79 Å². The molecule has 36 heavy (non-hydrogen) atoms. The van der Waals surface area contributed by atoms with Gasteiger partial charge in [-0.05, 0) is 56.2 Å². The van der Waals surface area contributed by atoms with Crippen LogP contribution >= 0.6 is 0 Å². The van der Waals surface area contributed by atoms with Crippen molar-refractivity contribution in [3.05, 3.63) is 48.0 Å². The average molecular weight is 493 g/mol. The van der Waals surface area contributed by atoms with Crippen molar-refractivity contribution in [2.75, 3.05) is 42.5 Å². The number of benzene rings is 2. The average Bonchev–Trinajstić information content (AvgIpc) is 2.87. The zero-order valence-electron chi connectivity index (χ0n) is 21.1.